The second kappa shape index (κ2) is 11.8. The maximum atomic E-state index is 12.2. The van der Waals surface area contributed by atoms with Gasteiger partial charge in [0, 0.05) is 0 Å². The molecule has 0 aliphatic carbocycles. The van der Waals surface area contributed by atoms with Crippen LogP contribution in [0.4, 0.5) is 4.79 Å². The highest BCUT2D eigenvalue weighted by atomic mass is 16.7. The molecule has 0 spiro atoms. The number of rotatable bonds is 10. The molecule has 1 unspecified atom stereocenters. The number of esters is 1. The van der Waals surface area contributed by atoms with Gasteiger partial charge in [-0.05, 0) is 62.4 Å². The largest absolute Gasteiger partial charge is 0.513 e. The molecule has 0 fully saturated rings. The Kier molecular flexibility index (Phi) is 9.05. The van der Waals surface area contributed by atoms with Gasteiger partial charge in [0.15, 0.2) is 0 Å². The minimum absolute atomic E-state index is 0.208. The van der Waals surface area contributed by atoms with Gasteiger partial charge in [0.1, 0.15) is 5.75 Å². The molecule has 2 rings (SSSR count). The van der Waals surface area contributed by atoms with Crippen LogP contribution in [-0.2, 0) is 15.9 Å². The van der Waals surface area contributed by atoms with Gasteiger partial charge < -0.3 is 14.2 Å². The van der Waals surface area contributed by atoms with Gasteiger partial charge in [-0.3, -0.25) is 0 Å². The molecule has 150 valence electrons. The van der Waals surface area contributed by atoms with Crippen LogP contribution < -0.4 is 4.74 Å². The topological polar surface area (TPSA) is 61.8 Å². The van der Waals surface area contributed by atoms with Gasteiger partial charge in [0.2, 0.25) is 0 Å². The van der Waals surface area contributed by atoms with Crippen LogP contribution in [0.15, 0.2) is 54.6 Å². The van der Waals surface area contributed by atoms with Gasteiger partial charge >= 0.3 is 12.1 Å². The molecular formula is C23H28O5. The summed E-state index contributed by atoms with van der Waals surface area (Å²) in [5, 5.41) is 0. The van der Waals surface area contributed by atoms with Crippen LogP contribution in [0.2, 0.25) is 0 Å². The monoisotopic (exact) mass is 384 g/mol. The van der Waals surface area contributed by atoms with Gasteiger partial charge in [0.25, 0.3) is 0 Å². The van der Waals surface area contributed by atoms with Gasteiger partial charge in [-0.15, -0.1) is 0 Å². The summed E-state index contributed by atoms with van der Waals surface area (Å²) >= 11 is 0. The standard InChI is InChI=1S/C23H28O5/c1-3-4-10-19-13-15-20(16-14-19)22(24)27-18(2)9-8-17-26-23(25)28-21-11-6-5-7-12-21/h5-7,11-16,18H,3-4,8-10,17H2,1-2H3. The van der Waals surface area contributed by atoms with E-state index < -0.39 is 6.16 Å². The highest BCUT2D eigenvalue weighted by molar-refractivity contribution is 5.89. The van der Waals surface area contributed by atoms with E-state index in [1.807, 2.05) is 37.3 Å². The molecule has 0 saturated heterocycles. The Bertz CT molecular complexity index is 724. The summed E-state index contributed by atoms with van der Waals surface area (Å²) in [6, 6.07) is 16.3. The zero-order chi connectivity index (χ0) is 20.2. The minimum Gasteiger partial charge on any atom is -0.459 e. The fourth-order valence-electron chi connectivity index (χ4n) is 2.64. The fourth-order valence-corrected chi connectivity index (χ4v) is 2.64. The molecule has 5 heteroatoms. The summed E-state index contributed by atoms with van der Waals surface area (Å²) in [5.41, 5.74) is 1.78. The Morgan fingerprint density at radius 2 is 1.68 bits per heavy atom. The lowest BCUT2D eigenvalue weighted by molar-refractivity contribution is 0.0297. The Morgan fingerprint density at radius 1 is 0.964 bits per heavy atom. The number of ether oxygens (including phenoxy) is 3. The molecule has 0 heterocycles. The van der Waals surface area contributed by atoms with Crippen molar-refractivity contribution in [1.82, 2.24) is 0 Å². The molecular weight excluding hydrogens is 356 g/mol. The number of carbonyl (C=O) groups excluding carboxylic acids is 2. The summed E-state index contributed by atoms with van der Waals surface area (Å²) in [6.45, 7) is 4.19. The Morgan fingerprint density at radius 3 is 2.36 bits per heavy atom. The SMILES string of the molecule is CCCCc1ccc(C(=O)OC(C)CCCOC(=O)Oc2ccccc2)cc1. The second-order valence-corrected chi connectivity index (χ2v) is 6.67. The number of carbonyl (C=O) groups is 2. The summed E-state index contributed by atoms with van der Waals surface area (Å²) in [5.74, 6) is 0.106. The van der Waals surface area contributed by atoms with Crippen molar-refractivity contribution in [1.29, 1.82) is 0 Å². The van der Waals surface area contributed by atoms with Crippen LogP contribution in [0.3, 0.4) is 0 Å². The highest BCUT2D eigenvalue weighted by Crippen LogP contribution is 2.12. The predicted molar refractivity (Wildman–Crippen MR) is 108 cm³/mol. The van der Waals surface area contributed by atoms with Crippen LogP contribution in [0.1, 0.15) is 55.5 Å². The second-order valence-electron chi connectivity index (χ2n) is 6.67. The van der Waals surface area contributed by atoms with E-state index in [0.717, 1.165) is 19.3 Å². The van der Waals surface area contributed by atoms with E-state index in [1.54, 1.807) is 24.3 Å². The van der Waals surface area contributed by atoms with Crippen molar-refractivity contribution in [2.24, 2.45) is 0 Å². The summed E-state index contributed by atoms with van der Waals surface area (Å²) < 4.78 is 15.5. The Hall–Kier alpha value is -2.82. The molecule has 0 saturated carbocycles. The zero-order valence-electron chi connectivity index (χ0n) is 16.6. The van der Waals surface area contributed by atoms with Crippen LogP contribution in [0.25, 0.3) is 0 Å². The smallest absolute Gasteiger partial charge is 0.459 e. The highest BCUT2D eigenvalue weighted by Gasteiger charge is 2.13. The molecule has 0 amide bonds. The molecule has 28 heavy (non-hydrogen) atoms. The van der Waals surface area contributed by atoms with E-state index in [9.17, 15) is 9.59 Å². The number of unbranched alkanes of at least 4 members (excludes halogenated alkanes) is 1. The summed E-state index contributed by atoms with van der Waals surface area (Å²) in [4.78, 5) is 23.8. The lowest BCUT2D eigenvalue weighted by Crippen LogP contribution is -2.17. The first-order chi connectivity index (χ1) is 13.6. The van der Waals surface area contributed by atoms with Gasteiger partial charge in [-0.1, -0.05) is 43.7 Å². The number of para-hydroxylation sites is 1. The first kappa shape index (κ1) is 21.5. The van der Waals surface area contributed by atoms with Gasteiger partial charge in [-0.2, -0.15) is 0 Å². The zero-order valence-corrected chi connectivity index (χ0v) is 16.6. The Balaban J connectivity index is 1.64. The van der Waals surface area contributed by atoms with E-state index in [2.05, 4.69) is 6.92 Å². The van der Waals surface area contributed by atoms with Crippen molar-refractivity contribution < 1.29 is 23.8 Å². The molecule has 1 atom stereocenters. The quantitative estimate of drug-likeness (QED) is 0.304. The molecule has 0 bridgehead atoms. The van der Waals surface area contributed by atoms with Crippen molar-refractivity contribution in [3.05, 3.63) is 65.7 Å². The van der Waals surface area contributed by atoms with E-state index in [1.165, 1.54) is 5.56 Å². The maximum Gasteiger partial charge on any atom is 0.513 e. The van der Waals surface area contributed by atoms with E-state index in [0.29, 0.717) is 24.2 Å². The normalized spacial score (nSPS) is 11.5. The van der Waals surface area contributed by atoms with E-state index in [-0.39, 0.29) is 18.7 Å². The molecule has 0 radical (unpaired) electrons. The van der Waals surface area contributed by atoms with Crippen molar-refractivity contribution >= 4 is 12.1 Å². The van der Waals surface area contributed by atoms with Crippen LogP contribution in [0, 0.1) is 0 Å². The summed E-state index contributed by atoms with van der Waals surface area (Å²) in [7, 11) is 0. The third-order valence-corrected chi connectivity index (χ3v) is 4.24. The van der Waals surface area contributed by atoms with E-state index in [4.69, 9.17) is 14.2 Å². The Labute approximate surface area is 166 Å². The molecule has 2 aromatic rings. The first-order valence-corrected chi connectivity index (χ1v) is 9.78. The molecule has 0 aliphatic rings. The molecule has 0 N–H and O–H groups in total. The van der Waals surface area contributed by atoms with Gasteiger partial charge in [-0.25, -0.2) is 9.59 Å². The minimum atomic E-state index is -0.737. The number of hydrogen-bond donors (Lipinski definition) is 0. The number of aryl methyl sites for hydroxylation is 1. The van der Waals surface area contributed by atoms with Crippen molar-refractivity contribution in [2.45, 2.75) is 52.1 Å². The van der Waals surface area contributed by atoms with Crippen molar-refractivity contribution in [3.8, 4) is 5.75 Å². The van der Waals surface area contributed by atoms with Crippen molar-refractivity contribution in [2.75, 3.05) is 6.61 Å². The molecule has 5 nitrogen and oxygen atoms in total. The van der Waals surface area contributed by atoms with Crippen LogP contribution >= 0.6 is 0 Å². The van der Waals surface area contributed by atoms with Gasteiger partial charge in [0.05, 0.1) is 18.3 Å². The fraction of sp³-hybridized carbons (Fsp3) is 0.391. The molecule has 0 aromatic heterocycles. The van der Waals surface area contributed by atoms with Crippen LogP contribution in [0.5, 0.6) is 5.75 Å². The lowest BCUT2D eigenvalue weighted by atomic mass is 10.1. The number of benzene rings is 2. The average Bonchev–Trinajstić information content (AvgIpc) is 2.70. The van der Waals surface area contributed by atoms with Crippen LogP contribution in [-0.4, -0.2) is 24.8 Å². The van der Waals surface area contributed by atoms with E-state index >= 15 is 0 Å². The third-order valence-electron chi connectivity index (χ3n) is 4.24. The van der Waals surface area contributed by atoms with Crippen molar-refractivity contribution in [3.63, 3.8) is 0 Å². The predicted octanol–water partition coefficient (Wildman–Crippen LogP) is 5.57. The first-order valence-electron chi connectivity index (χ1n) is 9.78. The maximum absolute atomic E-state index is 12.2. The molecule has 2 aromatic carbocycles. The third kappa shape index (κ3) is 7.82. The lowest BCUT2D eigenvalue weighted by Gasteiger charge is -2.13. The average molecular weight is 384 g/mol. The summed E-state index contributed by atoms with van der Waals surface area (Å²) in [6.07, 6.45) is 3.49. The molecule has 0 aliphatic heterocycles. The number of hydrogen-bond acceptors (Lipinski definition) is 5.